The molecule has 0 aromatic heterocycles. The van der Waals surface area contributed by atoms with Crippen molar-refractivity contribution in [2.75, 3.05) is 13.1 Å². The first-order valence-corrected chi connectivity index (χ1v) is 8.09. The summed E-state index contributed by atoms with van der Waals surface area (Å²) in [5.74, 6) is 0.866. The van der Waals surface area contributed by atoms with Crippen LogP contribution >= 0.6 is 0 Å². The minimum absolute atomic E-state index is 0.153. The average Bonchev–Trinajstić information content (AvgIpc) is 2.89. The molecule has 2 aromatic carbocycles. The standard InChI is InChI=1S/C19H24N2O2/c1-14(22)11-21-12-16-7-8-17(9-18(16)19(21)10-20)23-13-15-5-3-2-4-6-15/h2-9,14,19,22H,10-13,20H2,1H3. The molecule has 1 heterocycles. The van der Waals surface area contributed by atoms with E-state index >= 15 is 0 Å². The molecule has 3 N–H and O–H groups in total. The molecule has 3 rings (SSSR count). The van der Waals surface area contributed by atoms with Gasteiger partial charge in [-0.25, -0.2) is 0 Å². The number of nitrogens with zero attached hydrogens (tertiary/aromatic N) is 1. The fourth-order valence-electron chi connectivity index (χ4n) is 3.19. The Hall–Kier alpha value is -1.88. The van der Waals surface area contributed by atoms with Gasteiger partial charge in [0.15, 0.2) is 0 Å². The highest BCUT2D eigenvalue weighted by Gasteiger charge is 2.30. The highest BCUT2D eigenvalue weighted by Crippen LogP contribution is 2.35. The number of hydrogen-bond donors (Lipinski definition) is 2. The van der Waals surface area contributed by atoms with Gasteiger partial charge >= 0.3 is 0 Å². The van der Waals surface area contributed by atoms with Gasteiger partial charge in [0.25, 0.3) is 0 Å². The number of β-amino-alcohol motifs (C(OH)–C–C–N with tert-alkyl or cyclic N) is 1. The van der Waals surface area contributed by atoms with Crippen LogP contribution in [0.25, 0.3) is 0 Å². The van der Waals surface area contributed by atoms with Crippen molar-refractivity contribution in [1.29, 1.82) is 0 Å². The topological polar surface area (TPSA) is 58.7 Å². The van der Waals surface area contributed by atoms with E-state index in [9.17, 15) is 5.11 Å². The second-order valence-electron chi connectivity index (χ2n) is 6.16. The number of benzene rings is 2. The Labute approximate surface area is 137 Å². The average molecular weight is 312 g/mol. The van der Waals surface area contributed by atoms with Crippen LogP contribution < -0.4 is 10.5 Å². The second kappa shape index (κ2) is 7.13. The molecule has 0 aliphatic carbocycles. The lowest BCUT2D eigenvalue weighted by molar-refractivity contribution is 0.105. The first-order valence-electron chi connectivity index (χ1n) is 8.09. The number of ether oxygens (including phenoxy) is 1. The zero-order chi connectivity index (χ0) is 16.2. The molecule has 2 atom stereocenters. The zero-order valence-corrected chi connectivity index (χ0v) is 13.5. The predicted molar refractivity (Wildman–Crippen MR) is 91.1 cm³/mol. The lowest BCUT2D eigenvalue weighted by Gasteiger charge is -2.25. The molecular formula is C19H24N2O2. The van der Waals surface area contributed by atoms with Crippen molar-refractivity contribution < 1.29 is 9.84 Å². The maximum absolute atomic E-state index is 9.66. The van der Waals surface area contributed by atoms with Crippen molar-refractivity contribution in [2.45, 2.75) is 32.2 Å². The lowest BCUT2D eigenvalue weighted by atomic mass is 10.0. The second-order valence-corrected chi connectivity index (χ2v) is 6.16. The van der Waals surface area contributed by atoms with Crippen molar-refractivity contribution in [3.05, 3.63) is 65.2 Å². The summed E-state index contributed by atoms with van der Waals surface area (Å²) >= 11 is 0. The predicted octanol–water partition coefficient (Wildman–Crippen LogP) is 2.46. The summed E-state index contributed by atoms with van der Waals surface area (Å²) in [6.45, 7) is 4.38. The van der Waals surface area contributed by atoms with E-state index in [-0.39, 0.29) is 12.1 Å². The van der Waals surface area contributed by atoms with Crippen LogP contribution in [0.1, 0.15) is 29.7 Å². The van der Waals surface area contributed by atoms with E-state index in [0.717, 1.165) is 17.9 Å². The third kappa shape index (κ3) is 3.72. The molecule has 4 nitrogen and oxygen atoms in total. The third-order valence-corrected chi connectivity index (χ3v) is 4.26. The molecule has 2 unspecified atom stereocenters. The number of aliphatic hydroxyl groups is 1. The van der Waals surface area contributed by atoms with Crippen LogP contribution in [0.4, 0.5) is 0 Å². The number of fused-ring (bicyclic) bond motifs is 1. The molecule has 0 spiro atoms. The van der Waals surface area contributed by atoms with E-state index in [1.54, 1.807) is 0 Å². The van der Waals surface area contributed by atoms with Crippen LogP contribution in [-0.2, 0) is 13.2 Å². The van der Waals surface area contributed by atoms with Gasteiger partial charge in [0.2, 0.25) is 0 Å². The highest BCUT2D eigenvalue weighted by molar-refractivity contribution is 5.41. The number of nitrogens with two attached hydrogens (primary N) is 1. The molecule has 0 radical (unpaired) electrons. The molecule has 0 saturated heterocycles. The first-order chi connectivity index (χ1) is 11.2. The Kier molecular flexibility index (Phi) is 4.96. The SMILES string of the molecule is CC(O)CN1Cc2ccc(OCc3ccccc3)cc2C1CN. The van der Waals surface area contributed by atoms with Gasteiger partial charge in [-0.05, 0) is 35.7 Å². The number of aliphatic hydroxyl groups excluding tert-OH is 1. The van der Waals surface area contributed by atoms with E-state index in [0.29, 0.717) is 19.7 Å². The Bertz CT molecular complexity index is 643. The summed E-state index contributed by atoms with van der Waals surface area (Å²) < 4.78 is 5.92. The van der Waals surface area contributed by atoms with Crippen molar-refractivity contribution in [3.8, 4) is 5.75 Å². The molecule has 0 bridgehead atoms. The smallest absolute Gasteiger partial charge is 0.120 e. The lowest BCUT2D eigenvalue weighted by Crippen LogP contribution is -2.33. The minimum atomic E-state index is -0.354. The summed E-state index contributed by atoms with van der Waals surface area (Å²) in [5, 5.41) is 9.66. The molecular weight excluding hydrogens is 288 g/mol. The maximum Gasteiger partial charge on any atom is 0.120 e. The minimum Gasteiger partial charge on any atom is -0.489 e. The summed E-state index contributed by atoms with van der Waals surface area (Å²) in [6, 6.07) is 16.5. The van der Waals surface area contributed by atoms with E-state index < -0.39 is 0 Å². The molecule has 1 aliphatic heterocycles. The highest BCUT2D eigenvalue weighted by atomic mass is 16.5. The largest absolute Gasteiger partial charge is 0.489 e. The Morgan fingerprint density at radius 1 is 1.26 bits per heavy atom. The normalized spacial score (nSPS) is 18.7. The van der Waals surface area contributed by atoms with Gasteiger partial charge in [-0.3, -0.25) is 4.90 Å². The zero-order valence-electron chi connectivity index (χ0n) is 13.5. The van der Waals surface area contributed by atoms with Crippen LogP contribution in [0.2, 0.25) is 0 Å². The molecule has 0 fully saturated rings. The van der Waals surface area contributed by atoms with E-state index in [4.69, 9.17) is 10.5 Å². The monoisotopic (exact) mass is 312 g/mol. The fourth-order valence-corrected chi connectivity index (χ4v) is 3.19. The molecule has 0 amide bonds. The quantitative estimate of drug-likeness (QED) is 0.860. The Morgan fingerprint density at radius 2 is 2.04 bits per heavy atom. The third-order valence-electron chi connectivity index (χ3n) is 4.26. The van der Waals surface area contributed by atoms with Gasteiger partial charge in [-0.1, -0.05) is 36.4 Å². The molecule has 122 valence electrons. The maximum atomic E-state index is 9.66. The van der Waals surface area contributed by atoms with Crippen LogP contribution in [-0.4, -0.2) is 29.2 Å². The van der Waals surface area contributed by atoms with Gasteiger partial charge < -0.3 is 15.6 Å². The van der Waals surface area contributed by atoms with Gasteiger partial charge in [0.05, 0.1) is 6.10 Å². The van der Waals surface area contributed by atoms with Gasteiger partial charge in [-0.2, -0.15) is 0 Å². The van der Waals surface area contributed by atoms with Crippen LogP contribution in [0.15, 0.2) is 48.5 Å². The molecule has 23 heavy (non-hydrogen) atoms. The fraction of sp³-hybridized carbons (Fsp3) is 0.368. The first kappa shape index (κ1) is 16.0. The number of rotatable bonds is 6. The molecule has 1 aliphatic rings. The van der Waals surface area contributed by atoms with Crippen LogP contribution in [0.3, 0.4) is 0 Å². The van der Waals surface area contributed by atoms with E-state index in [2.05, 4.69) is 29.2 Å². The molecule has 2 aromatic rings. The Balaban J connectivity index is 1.72. The van der Waals surface area contributed by atoms with Gasteiger partial charge in [-0.15, -0.1) is 0 Å². The molecule has 0 saturated carbocycles. The summed E-state index contributed by atoms with van der Waals surface area (Å²) in [6.07, 6.45) is -0.354. The van der Waals surface area contributed by atoms with Crippen LogP contribution in [0.5, 0.6) is 5.75 Å². The van der Waals surface area contributed by atoms with Crippen molar-refractivity contribution in [1.82, 2.24) is 4.90 Å². The van der Waals surface area contributed by atoms with E-state index in [1.165, 1.54) is 11.1 Å². The van der Waals surface area contributed by atoms with E-state index in [1.807, 2.05) is 31.2 Å². The number of hydrogen-bond acceptors (Lipinski definition) is 4. The summed E-state index contributed by atoms with van der Waals surface area (Å²) in [5.41, 5.74) is 9.61. The Morgan fingerprint density at radius 3 is 2.74 bits per heavy atom. The molecule has 4 heteroatoms. The summed E-state index contributed by atoms with van der Waals surface area (Å²) in [4.78, 5) is 2.23. The van der Waals surface area contributed by atoms with Gasteiger partial charge in [0.1, 0.15) is 12.4 Å². The van der Waals surface area contributed by atoms with Crippen LogP contribution in [0, 0.1) is 0 Å². The van der Waals surface area contributed by atoms with Crippen molar-refractivity contribution >= 4 is 0 Å². The van der Waals surface area contributed by atoms with Crippen molar-refractivity contribution in [3.63, 3.8) is 0 Å². The summed E-state index contributed by atoms with van der Waals surface area (Å²) in [7, 11) is 0. The van der Waals surface area contributed by atoms with Crippen molar-refractivity contribution in [2.24, 2.45) is 5.73 Å². The van der Waals surface area contributed by atoms with Gasteiger partial charge in [0, 0.05) is 25.7 Å².